The van der Waals surface area contributed by atoms with Gasteiger partial charge < -0.3 is 9.64 Å². The van der Waals surface area contributed by atoms with Crippen LogP contribution in [0.3, 0.4) is 0 Å². The monoisotopic (exact) mass is 291 g/mol. The lowest BCUT2D eigenvalue weighted by atomic mass is 9.88. The van der Waals surface area contributed by atoms with Gasteiger partial charge in [0.05, 0.1) is 18.1 Å². The summed E-state index contributed by atoms with van der Waals surface area (Å²) in [6.07, 6.45) is 0.212. The number of carbonyl (C=O) groups excluding carboxylic acids is 1. The molecule has 1 amide bonds. The van der Waals surface area contributed by atoms with E-state index in [1.807, 2.05) is 27.8 Å². The number of halogens is 1. The molecule has 0 aliphatic carbocycles. The lowest BCUT2D eigenvalue weighted by Gasteiger charge is -2.25. The van der Waals surface area contributed by atoms with E-state index in [0.717, 1.165) is 6.54 Å². The van der Waals surface area contributed by atoms with Crippen LogP contribution in [0.5, 0.6) is 0 Å². The summed E-state index contributed by atoms with van der Waals surface area (Å²) < 4.78 is 5.70. The van der Waals surface area contributed by atoms with Crippen molar-refractivity contribution in [2.24, 2.45) is 11.8 Å². The van der Waals surface area contributed by atoms with Crippen LogP contribution in [0.15, 0.2) is 0 Å². The number of hydrogen-bond acceptors (Lipinski definition) is 2. The van der Waals surface area contributed by atoms with E-state index in [9.17, 15) is 4.79 Å². The van der Waals surface area contributed by atoms with Gasteiger partial charge in [0.25, 0.3) is 0 Å². The Morgan fingerprint density at radius 3 is 2.31 bits per heavy atom. The molecule has 1 heterocycles. The zero-order chi connectivity index (χ0) is 12.5. The topological polar surface area (TPSA) is 29.5 Å². The van der Waals surface area contributed by atoms with Gasteiger partial charge in [-0.05, 0) is 19.8 Å². The molecule has 0 spiro atoms. The summed E-state index contributed by atoms with van der Waals surface area (Å²) >= 11 is 3.47. The number of amides is 1. The highest BCUT2D eigenvalue weighted by Gasteiger charge is 2.42. The predicted octanol–water partition coefficient (Wildman–Crippen LogP) is 2.29. The van der Waals surface area contributed by atoms with E-state index >= 15 is 0 Å². The summed E-state index contributed by atoms with van der Waals surface area (Å²) in [5.41, 5.74) is 0. The van der Waals surface area contributed by atoms with Crippen molar-refractivity contribution in [1.29, 1.82) is 0 Å². The van der Waals surface area contributed by atoms with E-state index < -0.39 is 0 Å². The molecule has 1 saturated heterocycles. The van der Waals surface area contributed by atoms with Gasteiger partial charge in [0.15, 0.2) is 0 Å². The van der Waals surface area contributed by atoms with Gasteiger partial charge in [-0.15, -0.1) is 0 Å². The van der Waals surface area contributed by atoms with Crippen LogP contribution in [-0.2, 0) is 9.53 Å². The van der Waals surface area contributed by atoms with Crippen molar-refractivity contribution in [3.05, 3.63) is 0 Å². The third-order valence-corrected chi connectivity index (χ3v) is 3.72. The molecular weight excluding hydrogens is 270 g/mol. The van der Waals surface area contributed by atoms with Crippen LogP contribution >= 0.6 is 15.9 Å². The minimum atomic E-state index is 0.00579. The van der Waals surface area contributed by atoms with E-state index in [1.54, 1.807) is 4.90 Å². The maximum absolute atomic E-state index is 12.3. The lowest BCUT2D eigenvalue weighted by molar-refractivity contribution is -0.136. The van der Waals surface area contributed by atoms with E-state index in [0.29, 0.717) is 10.7 Å². The van der Waals surface area contributed by atoms with Crippen LogP contribution in [0.25, 0.3) is 0 Å². The molecule has 0 aromatic rings. The van der Waals surface area contributed by atoms with Crippen LogP contribution in [0.4, 0.5) is 0 Å². The molecule has 5 unspecified atom stereocenters. The first-order valence-corrected chi connectivity index (χ1v) is 6.80. The van der Waals surface area contributed by atoms with E-state index in [1.165, 1.54) is 0 Å². The van der Waals surface area contributed by atoms with Gasteiger partial charge in [0.1, 0.15) is 0 Å². The first kappa shape index (κ1) is 14.0. The molecule has 1 aliphatic heterocycles. The minimum absolute atomic E-state index is 0.00579. The van der Waals surface area contributed by atoms with Gasteiger partial charge in [0.2, 0.25) is 5.91 Å². The Morgan fingerprint density at radius 1 is 1.38 bits per heavy atom. The third-order valence-electron chi connectivity index (χ3n) is 3.43. The predicted molar refractivity (Wildman–Crippen MR) is 68.7 cm³/mol. The van der Waals surface area contributed by atoms with Gasteiger partial charge in [-0.1, -0.05) is 29.8 Å². The van der Waals surface area contributed by atoms with Crippen molar-refractivity contribution in [3.8, 4) is 0 Å². The number of carbonyl (C=O) groups is 1. The summed E-state index contributed by atoms with van der Waals surface area (Å²) in [6, 6.07) is 0. The molecule has 1 fully saturated rings. The Bertz CT molecular complexity index is 257. The second-order valence-corrected chi connectivity index (χ2v) is 6.49. The summed E-state index contributed by atoms with van der Waals surface area (Å²) in [7, 11) is 1.86. The largest absolute Gasteiger partial charge is 0.374 e. The molecule has 94 valence electrons. The normalized spacial score (nSPS) is 36.1. The van der Waals surface area contributed by atoms with Crippen LogP contribution in [0, 0.1) is 11.8 Å². The van der Waals surface area contributed by atoms with Gasteiger partial charge in [-0.25, -0.2) is 0 Å². The average molecular weight is 292 g/mol. The van der Waals surface area contributed by atoms with Gasteiger partial charge in [-0.2, -0.15) is 0 Å². The molecular formula is C12H22BrNO2. The van der Waals surface area contributed by atoms with Crippen LogP contribution in [-0.4, -0.2) is 41.4 Å². The van der Waals surface area contributed by atoms with E-state index in [-0.39, 0.29) is 24.0 Å². The minimum Gasteiger partial charge on any atom is -0.374 e. The maximum atomic E-state index is 12.3. The van der Waals surface area contributed by atoms with Crippen LogP contribution in [0.2, 0.25) is 0 Å². The molecule has 0 N–H and O–H groups in total. The van der Waals surface area contributed by atoms with Crippen molar-refractivity contribution in [3.63, 3.8) is 0 Å². The molecule has 0 radical (unpaired) electrons. The second-order valence-electron chi connectivity index (χ2n) is 4.93. The Hall–Kier alpha value is -0.0900. The first-order valence-electron chi connectivity index (χ1n) is 5.89. The Morgan fingerprint density at radius 2 is 1.94 bits per heavy atom. The zero-order valence-corrected chi connectivity index (χ0v) is 12.3. The van der Waals surface area contributed by atoms with Crippen molar-refractivity contribution >= 4 is 21.8 Å². The van der Waals surface area contributed by atoms with Crippen LogP contribution in [0.1, 0.15) is 27.7 Å². The molecule has 0 aromatic carbocycles. The van der Waals surface area contributed by atoms with E-state index in [4.69, 9.17) is 4.74 Å². The molecule has 1 aliphatic rings. The highest BCUT2D eigenvalue weighted by Crippen LogP contribution is 2.33. The number of ether oxygens (including phenoxy) is 1. The number of hydrogen-bond donors (Lipinski definition) is 0. The molecule has 0 aromatic heterocycles. The maximum Gasteiger partial charge on any atom is 0.228 e. The van der Waals surface area contributed by atoms with Crippen molar-refractivity contribution < 1.29 is 9.53 Å². The summed E-state index contributed by atoms with van der Waals surface area (Å²) in [5.74, 6) is 0.512. The highest BCUT2D eigenvalue weighted by atomic mass is 79.9. The summed E-state index contributed by atoms with van der Waals surface area (Å²) in [5, 5.41) is 0. The lowest BCUT2D eigenvalue weighted by Crippen LogP contribution is -2.40. The molecule has 4 heteroatoms. The van der Waals surface area contributed by atoms with Crippen molar-refractivity contribution in [2.45, 2.75) is 44.7 Å². The van der Waals surface area contributed by atoms with Crippen molar-refractivity contribution in [1.82, 2.24) is 4.90 Å². The zero-order valence-electron chi connectivity index (χ0n) is 10.7. The second kappa shape index (κ2) is 5.50. The quantitative estimate of drug-likeness (QED) is 0.747. The fraction of sp³-hybridized carbons (Fsp3) is 0.917. The van der Waals surface area contributed by atoms with E-state index in [2.05, 4.69) is 22.9 Å². The number of nitrogens with zero attached hydrogens (tertiary/aromatic N) is 1. The van der Waals surface area contributed by atoms with Gasteiger partial charge in [0, 0.05) is 18.4 Å². The highest BCUT2D eigenvalue weighted by molar-refractivity contribution is 9.09. The Balaban J connectivity index is 2.66. The average Bonchev–Trinajstić information content (AvgIpc) is 2.39. The Kier molecular flexibility index (Phi) is 4.80. The summed E-state index contributed by atoms with van der Waals surface area (Å²) in [6.45, 7) is 8.92. The smallest absolute Gasteiger partial charge is 0.228 e. The Labute approximate surface area is 107 Å². The van der Waals surface area contributed by atoms with Gasteiger partial charge >= 0.3 is 0 Å². The molecule has 1 rings (SSSR count). The third kappa shape index (κ3) is 2.98. The number of rotatable bonds is 3. The number of alkyl halides is 1. The van der Waals surface area contributed by atoms with Crippen LogP contribution < -0.4 is 0 Å². The summed E-state index contributed by atoms with van der Waals surface area (Å²) in [4.78, 5) is 14.4. The van der Waals surface area contributed by atoms with Gasteiger partial charge in [-0.3, -0.25) is 4.79 Å². The molecule has 5 atom stereocenters. The SMILES string of the molecule is CC(Br)CN(C)C(=O)C1C(C)OC(C)C1C. The molecule has 0 bridgehead atoms. The fourth-order valence-electron chi connectivity index (χ4n) is 2.41. The first-order chi connectivity index (χ1) is 7.34. The fourth-order valence-corrected chi connectivity index (χ4v) is 2.85. The van der Waals surface area contributed by atoms with Crippen molar-refractivity contribution in [2.75, 3.05) is 13.6 Å². The molecule has 16 heavy (non-hydrogen) atoms. The molecule has 3 nitrogen and oxygen atoms in total. The standard InChI is InChI=1S/C12H22BrNO2/c1-7(13)6-14(5)12(15)11-8(2)9(3)16-10(11)4/h7-11H,6H2,1-5H3. The molecule has 0 saturated carbocycles.